The molecule has 0 fully saturated rings. The molecule has 42 heavy (non-hydrogen) atoms. The molecule has 0 saturated carbocycles. The van der Waals surface area contributed by atoms with Crippen LogP contribution in [0.1, 0.15) is 33.2 Å². The van der Waals surface area contributed by atoms with Gasteiger partial charge in [-0.1, -0.05) is 48.5 Å². The van der Waals surface area contributed by atoms with Gasteiger partial charge in [0.05, 0.1) is 11.3 Å². The second kappa shape index (κ2) is 12.1. The lowest BCUT2D eigenvalue weighted by Crippen LogP contribution is -2.12. The highest BCUT2D eigenvalue weighted by Gasteiger charge is 2.19. The van der Waals surface area contributed by atoms with E-state index in [9.17, 15) is 19.5 Å². The second-order valence-electron chi connectivity index (χ2n) is 9.58. The number of aryl methyl sites for hydroxylation is 1. The zero-order valence-corrected chi connectivity index (χ0v) is 22.9. The van der Waals surface area contributed by atoms with Gasteiger partial charge in [-0.3, -0.25) is 14.4 Å². The predicted molar refractivity (Wildman–Crippen MR) is 164 cm³/mol. The number of carbonyl (C=O) groups excluding carboxylic acids is 3. The van der Waals surface area contributed by atoms with E-state index < -0.39 is 5.91 Å². The number of phenolic OH excluding ortho intramolecular Hbond substituents is 1. The van der Waals surface area contributed by atoms with Crippen LogP contribution in [0.25, 0.3) is 10.8 Å². The van der Waals surface area contributed by atoms with Crippen LogP contribution in [-0.2, 0) is 4.79 Å². The maximum Gasteiger partial charge on any atom is 0.259 e. The van der Waals surface area contributed by atoms with Crippen molar-refractivity contribution < 1.29 is 19.5 Å². The molecule has 9 heteroatoms. The Balaban J connectivity index is 1.45. The van der Waals surface area contributed by atoms with Gasteiger partial charge in [0.2, 0.25) is 5.91 Å². The number of nitrogens with one attached hydrogen (secondary N) is 3. The summed E-state index contributed by atoms with van der Waals surface area (Å²) in [6.07, 6.45) is 0. The number of benzene rings is 5. The maximum absolute atomic E-state index is 13.2. The molecular formula is C33H27N5O4. The Morgan fingerprint density at radius 1 is 0.667 bits per heavy atom. The predicted octanol–water partition coefficient (Wildman–Crippen LogP) is 7.73. The van der Waals surface area contributed by atoms with Crippen molar-refractivity contribution in [2.45, 2.75) is 13.8 Å². The van der Waals surface area contributed by atoms with Crippen LogP contribution >= 0.6 is 0 Å². The average molecular weight is 558 g/mol. The molecule has 0 aliphatic carbocycles. The molecule has 208 valence electrons. The summed E-state index contributed by atoms with van der Waals surface area (Å²) in [7, 11) is 0. The van der Waals surface area contributed by atoms with Crippen molar-refractivity contribution in [1.82, 2.24) is 0 Å². The largest absolute Gasteiger partial charge is 0.505 e. The first kappa shape index (κ1) is 27.7. The third kappa shape index (κ3) is 6.31. The van der Waals surface area contributed by atoms with Gasteiger partial charge in [0, 0.05) is 34.9 Å². The second-order valence-corrected chi connectivity index (χ2v) is 9.58. The molecule has 9 nitrogen and oxygen atoms in total. The number of rotatable bonds is 7. The Bertz CT molecular complexity index is 1830. The molecule has 0 atom stereocenters. The van der Waals surface area contributed by atoms with Crippen molar-refractivity contribution in [2.75, 3.05) is 16.0 Å². The van der Waals surface area contributed by atoms with Crippen molar-refractivity contribution in [3.05, 3.63) is 120 Å². The smallest absolute Gasteiger partial charge is 0.259 e. The van der Waals surface area contributed by atoms with Crippen molar-refractivity contribution in [3.8, 4) is 5.75 Å². The van der Waals surface area contributed by atoms with Crippen LogP contribution < -0.4 is 16.0 Å². The van der Waals surface area contributed by atoms with Gasteiger partial charge < -0.3 is 21.1 Å². The van der Waals surface area contributed by atoms with Crippen LogP contribution in [0, 0.1) is 6.92 Å². The lowest BCUT2D eigenvalue weighted by atomic mass is 10.0. The molecule has 0 heterocycles. The van der Waals surface area contributed by atoms with E-state index in [0.29, 0.717) is 39.1 Å². The molecule has 5 aromatic carbocycles. The Labute approximate surface area is 241 Å². The number of aromatic hydroxyl groups is 1. The minimum Gasteiger partial charge on any atom is -0.505 e. The summed E-state index contributed by atoms with van der Waals surface area (Å²) >= 11 is 0. The van der Waals surface area contributed by atoms with Gasteiger partial charge in [-0.15, -0.1) is 5.11 Å². The highest BCUT2D eigenvalue weighted by atomic mass is 16.3. The molecule has 5 rings (SSSR count). The van der Waals surface area contributed by atoms with E-state index in [1.807, 2.05) is 37.3 Å². The topological polar surface area (TPSA) is 132 Å². The van der Waals surface area contributed by atoms with Gasteiger partial charge in [0.25, 0.3) is 11.8 Å². The molecule has 0 radical (unpaired) electrons. The fourth-order valence-corrected chi connectivity index (χ4v) is 4.32. The van der Waals surface area contributed by atoms with Crippen molar-refractivity contribution in [1.29, 1.82) is 0 Å². The van der Waals surface area contributed by atoms with E-state index in [2.05, 4.69) is 26.2 Å². The molecular weight excluding hydrogens is 530 g/mol. The first-order valence-electron chi connectivity index (χ1n) is 13.1. The van der Waals surface area contributed by atoms with E-state index in [0.717, 1.165) is 5.56 Å². The van der Waals surface area contributed by atoms with Crippen LogP contribution in [0.5, 0.6) is 5.75 Å². The Morgan fingerprint density at radius 2 is 1.29 bits per heavy atom. The zero-order chi connectivity index (χ0) is 29.6. The molecule has 0 saturated heterocycles. The summed E-state index contributed by atoms with van der Waals surface area (Å²) < 4.78 is 0. The van der Waals surface area contributed by atoms with E-state index in [1.165, 1.54) is 6.92 Å². The SMILES string of the molecule is CC(=O)Nc1ccc(NC(=O)c2cc3ccccc3c(N=Nc3cc(C(=O)Nc4ccccc4)ccc3C)c2O)cc1. The molecule has 5 aromatic rings. The summed E-state index contributed by atoms with van der Waals surface area (Å²) in [4.78, 5) is 37.3. The first-order chi connectivity index (χ1) is 20.3. The van der Waals surface area contributed by atoms with Crippen molar-refractivity contribution in [3.63, 3.8) is 0 Å². The fourth-order valence-electron chi connectivity index (χ4n) is 4.32. The van der Waals surface area contributed by atoms with Crippen LogP contribution in [0.4, 0.5) is 28.4 Å². The Kier molecular flexibility index (Phi) is 8.01. The number of carbonyl (C=O) groups is 3. The minimum absolute atomic E-state index is 0.0151. The molecule has 0 aliphatic rings. The number of azo groups is 1. The number of anilines is 3. The highest BCUT2D eigenvalue weighted by molar-refractivity contribution is 6.12. The normalized spacial score (nSPS) is 10.9. The third-order valence-electron chi connectivity index (χ3n) is 6.46. The first-order valence-corrected chi connectivity index (χ1v) is 13.1. The van der Waals surface area contributed by atoms with Crippen LogP contribution in [0.15, 0.2) is 113 Å². The van der Waals surface area contributed by atoms with Gasteiger partial charge in [0.1, 0.15) is 5.69 Å². The number of nitrogens with zero attached hydrogens (tertiary/aromatic N) is 2. The number of hydrogen-bond acceptors (Lipinski definition) is 6. The number of amides is 3. The average Bonchev–Trinajstić information content (AvgIpc) is 2.98. The lowest BCUT2D eigenvalue weighted by molar-refractivity contribution is -0.114. The monoisotopic (exact) mass is 557 g/mol. The Hall–Kier alpha value is -5.83. The molecule has 0 aliphatic heterocycles. The zero-order valence-electron chi connectivity index (χ0n) is 22.9. The van der Waals surface area contributed by atoms with Gasteiger partial charge in [-0.05, 0) is 72.5 Å². The van der Waals surface area contributed by atoms with Crippen molar-refractivity contribution in [2.24, 2.45) is 10.2 Å². The molecule has 3 amide bonds. The van der Waals surface area contributed by atoms with Crippen molar-refractivity contribution >= 4 is 56.9 Å². The molecule has 0 aromatic heterocycles. The molecule has 0 bridgehead atoms. The van der Waals surface area contributed by atoms with Crippen LogP contribution in [-0.4, -0.2) is 22.8 Å². The third-order valence-corrected chi connectivity index (χ3v) is 6.46. The van der Waals surface area contributed by atoms with Gasteiger partial charge in [-0.2, -0.15) is 5.11 Å². The van der Waals surface area contributed by atoms with E-state index in [4.69, 9.17) is 0 Å². The number of para-hydroxylation sites is 1. The van der Waals surface area contributed by atoms with Gasteiger partial charge in [-0.25, -0.2) is 0 Å². The maximum atomic E-state index is 13.2. The number of hydrogen-bond donors (Lipinski definition) is 4. The summed E-state index contributed by atoms with van der Waals surface area (Å²) in [5.74, 6) is -1.38. The van der Waals surface area contributed by atoms with E-state index in [-0.39, 0.29) is 28.8 Å². The molecule has 0 unspecified atom stereocenters. The Morgan fingerprint density at radius 3 is 2.00 bits per heavy atom. The standard InChI is InChI=1S/C33H27N5O4/c1-20-12-13-23(32(41)35-24-9-4-3-5-10-24)19-29(20)37-38-30-27-11-7-6-8-22(27)18-28(31(30)40)33(42)36-26-16-14-25(15-17-26)34-21(2)39/h3-19,40H,1-2H3,(H,34,39)(H,35,41)(H,36,42). The summed E-state index contributed by atoms with van der Waals surface area (Å²) in [5.41, 5.74) is 3.48. The molecule has 0 spiro atoms. The van der Waals surface area contributed by atoms with E-state index >= 15 is 0 Å². The molecule has 4 N–H and O–H groups in total. The van der Waals surface area contributed by atoms with Crippen LogP contribution in [0.2, 0.25) is 0 Å². The summed E-state index contributed by atoms with van der Waals surface area (Å²) in [5, 5.41) is 29.5. The summed E-state index contributed by atoms with van der Waals surface area (Å²) in [6, 6.07) is 29.6. The van der Waals surface area contributed by atoms with Gasteiger partial charge >= 0.3 is 0 Å². The quantitative estimate of drug-likeness (QED) is 0.152. The van der Waals surface area contributed by atoms with Gasteiger partial charge in [0.15, 0.2) is 5.75 Å². The highest BCUT2D eigenvalue weighted by Crippen LogP contribution is 2.40. The van der Waals surface area contributed by atoms with E-state index in [1.54, 1.807) is 72.8 Å². The number of phenols is 1. The fraction of sp³-hybridized carbons (Fsp3) is 0.0606. The number of fused-ring (bicyclic) bond motifs is 1. The lowest BCUT2D eigenvalue weighted by Gasteiger charge is -2.12. The summed E-state index contributed by atoms with van der Waals surface area (Å²) in [6.45, 7) is 3.25. The van der Waals surface area contributed by atoms with Crippen LogP contribution in [0.3, 0.4) is 0 Å². The minimum atomic E-state index is -0.544.